The maximum Gasteiger partial charge on any atom is 0.416 e. The van der Waals surface area contributed by atoms with Crippen molar-refractivity contribution in [3.63, 3.8) is 0 Å². The van der Waals surface area contributed by atoms with E-state index in [-0.39, 0.29) is 17.4 Å². The van der Waals surface area contributed by atoms with Crippen LogP contribution in [0.15, 0.2) is 53.1 Å². The third-order valence-corrected chi connectivity index (χ3v) is 5.14. The number of aliphatic hydroxyl groups is 1. The quantitative estimate of drug-likeness (QED) is 0.527. The fourth-order valence-electron chi connectivity index (χ4n) is 3.62. The van der Waals surface area contributed by atoms with Crippen LogP contribution in [0.3, 0.4) is 0 Å². The highest BCUT2D eigenvalue weighted by atomic mass is 19.4. The van der Waals surface area contributed by atoms with E-state index in [0.717, 1.165) is 12.1 Å². The maximum absolute atomic E-state index is 12.8. The SMILES string of the molecule is [O-][NH+](O)c1cccc(-c2noc(C3CC(O)CN3Cc3ccc(C(F)(F)F)cc3)n2)c1. The average Bonchev–Trinajstić information content (AvgIpc) is 3.34. The average molecular weight is 436 g/mol. The van der Waals surface area contributed by atoms with Crippen molar-refractivity contribution in [2.45, 2.75) is 31.3 Å². The summed E-state index contributed by atoms with van der Waals surface area (Å²) < 4.78 is 43.7. The van der Waals surface area contributed by atoms with Gasteiger partial charge in [-0.25, -0.2) is 5.21 Å². The van der Waals surface area contributed by atoms with Gasteiger partial charge in [-0.2, -0.15) is 23.4 Å². The number of hydrogen-bond donors (Lipinski definition) is 3. The zero-order valence-corrected chi connectivity index (χ0v) is 16.1. The first-order valence-corrected chi connectivity index (χ1v) is 9.46. The lowest BCUT2D eigenvalue weighted by Gasteiger charge is -2.21. The number of aliphatic hydroxyl groups excluding tert-OH is 1. The second-order valence-corrected chi connectivity index (χ2v) is 7.37. The predicted octanol–water partition coefficient (Wildman–Crippen LogP) is 2.47. The number of likely N-dealkylation sites (tertiary alicyclic amines) is 1. The zero-order chi connectivity index (χ0) is 22.2. The number of rotatable bonds is 5. The summed E-state index contributed by atoms with van der Waals surface area (Å²) in [5.74, 6) is 0.466. The molecule has 0 bridgehead atoms. The topological polar surface area (TPSA) is 110 Å². The van der Waals surface area contributed by atoms with Crippen LogP contribution in [0.4, 0.5) is 18.9 Å². The molecule has 1 aliphatic heterocycles. The van der Waals surface area contributed by atoms with Gasteiger partial charge >= 0.3 is 6.18 Å². The molecule has 2 heterocycles. The summed E-state index contributed by atoms with van der Waals surface area (Å²) in [4.78, 5) is 6.22. The van der Waals surface area contributed by atoms with Gasteiger partial charge in [0.2, 0.25) is 11.7 Å². The van der Waals surface area contributed by atoms with Gasteiger partial charge in [0.25, 0.3) is 0 Å². The zero-order valence-electron chi connectivity index (χ0n) is 16.1. The molecule has 4 rings (SSSR count). The number of β-amino-alcohol motifs (C(OH)–C–C–N with tert-alkyl or cyclic N) is 1. The Morgan fingerprint density at radius 1 is 1.19 bits per heavy atom. The normalized spacial score (nSPS) is 20.8. The molecule has 11 heteroatoms. The Morgan fingerprint density at radius 3 is 2.61 bits per heavy atom. The number of benzene rings is 2. The van der Waals surface area contributed by atoms with Gasteiger partial charge in [-0.1, -0.05) is 29.4 Å². The minimum atomic E-state index is -4.40. The lowest BCUT2D eigenvalue weighted by molar-refractivity contribution is -0.991. The van der Waals surface area contributed by atoms with E-state index >= 15 is 0 Å². The molecule has 31 heavy (non-hydrogen) atoms. The molecule has 3 N–H and O–H groups in total. The van der Waals surface area contributed by atoms with Crippen molar-refractivity contribution in [3.8, 4) is 11.4 Å². The number of nitrogens with one attached hydrogen (secondary N) is 1. The van der Waals surface area contributed by atoms with Gasteiger partial charge in [-0.05, 0) is 24.1 Å². The highest BCUT2D eigenvalue weighted by molar-refractivity contribution is 5.58. The van der Waals surface area contributed by atoms with E-state index in [2.05, 4.69) is 10.1 Å². The first-order valence-electron chi connectivity index (χ1n) is 9.46. The van der Waals surface area contributed by atoms with Crippen LogP contribution < -0.4 is 5.23 Å². The summed E-state index contributed by atoms with van der Waals surface area (Å²) >= 11 is 0. The Kier molecular flexibility index (Phi) is 5.77. The molecule has 0 amide bonds. The van der Waals surface area contributed by atoms with Crippen LogP contribution in [-0.4, -0.2) is 38.0 Å². The summed E-state index contributed by atoms with van der Waals surface area (Å²) in [5, 5.41) is 33.3. The van der Waals surface area contributed by atoms with Gasteiger partial charge in [-0.3, -0.25) is 4.90 Å². The number of quaternary nitrogens is 1. The van der Waals surface area contributed by atoms with Gasteiger partial charge in [0.15, 0.2) is 5.69 Å². The van der Waals surface area contributed by atoms with E-state index in [1.807, 2.05) is 4.90 Å². The van der Waals surface area contributed by atoms with Crippen molar-refractivity contribution < 1.29 is 33.2 Å². The predicted molar refractivity (Wildman–Crippen MR) is 101 cm³/mol. The largest absolute Gasteiger partial charge is 0.595 e. The number of halogens is 3. The molecule has 3 aromatic rings. The Bertz CT molecular complexity index is 1040. The van der Waals surface area contributed by atoms with E-state index in [1.165, 1.54) is 24.3 Å². The van der Waals surface area contributed by atoms with Gasteiger partial charge < -0.3 is 14.8 Å². The van der Waals surface area contributed by atoms with E-state index in [9.17, 15) is 23.5 Å². The number of hydrogen-bond acceptors (Lipinski definition) is 7. The second kappa shape index (κ2) is 8.36. The van der Waals surface area contributed by atoms with Gasteiger partial charge in [0.05, 0.1) is 17.7 Å². The molecule has 1 saturated heterocycles. The Hall–Kier alpha value is -2.83. The van der Waals surface area contributed by atoms with Crippen LogP contribution >= 0.6 is 0 Å². The molecular formula is C20H19F3N4O4. The van der Waals surface area contributed by atoms with Crippen LogP contribution in [0.5, 0.6) is 0 Å². The van der Waals surface area contributed by atoms with Crippen LogP contribution in [-0.2, 0) is 12.7 Å². The summed E-state index contributed by atoms with van der Waals surface area (Å²) in [5.41, 5.74) is 0.493. The molecule has 1 aliphatic rings. The summed E-state index contributed by atoms with van der Waals surface area (Å²) in [6.45, 7) is 0.601. The molecule has 0 radical (unpaired) electrons. The van der Waals surface area contributed by atoms with Crippen molar-refractivity contribution in [2.24, 2.45) is 0 Å². The Labute approximate surface area is 174 Å². The van der Waals surface area contributed by atoms with Gasteiger partial charge in [0.1, 0.15) is 0 Å². The molecular weight excluding hydrogens is 417 g/mol. The molecule has 1 fully saturated rings. The molecule has 3 unspecified atom stereocenters. The fraction of sp³-hybridized carbons (Fsp3) is 0.300. The van der Waals surface area contributed by atoms with Gasteiger partial charge in [-0.15, -0.1) is 0 Å². The minimum absolute atomic E-state index is 0.0871. The molecule has 1 aromatic heterocycles. The van der Waals surface area contributed by atoms with E-state index < -0.39 is 29.1 Å². The monoisotopic (exact) mass is 436 g/mol. The smallest absolute Gasteiger partial charge is 0.416 e. The van der Waals surface area contributed by atoms with Crippen LogP contribution in [0.25, 0.3) is 11.4 Å². The molecule has 8 nitrogen and oxygen atoms in total. The van der Waals surface area contributed by atoms with E-state index in [0.29, 0.717) is 30.6 Å². The van der Waals surface area contributed by atoms with E-state index in [1.54, 1.807) is 12.1 Å². The molecule has 3 atom stereocenters. The molecule has 164 valence electrons. The summed E-state index contributed by atoms with van der Waals surface area (Å²) in [6, 6.07) is 10.6. The molecule has 0 aliphatic carbocycles. The molecule has 2 aromatic carbocycles. The highest BCUT2D eigenvalue weighted by Gasteiger charge is 2.36. The maximum atomic E-state index is 12.8. The van der Waals surface area contributed by atoms with Crippen molar-refractivity contribution >= 4 is 5.69 Å². The van der Waals surface area contributed by atoms with Gasteiger partial charge in [0, 0.05) is 30.8 Å². The first-order chi connectivity index (χ1) is 14.7. The molecule has 0 spiro atoms. The number of alkyl halides is 3. The summed E-state index contributed by atoms with van der Waals surface area (Å²) in [6.07, 6.45) is -4.72. The number of nitrogens with zero attached hydrogens (tertiary/aromatic N) is 3. The Balaban J connectivity index is 1.53. The van der Waals surface area contributed by atoms with Crippen molar-refractivity contribution in [2.75, 3.05) is 6.54 Å². The first kappa shape index (κ1) is 21.4. The van der Waals surface area contributed by atoms with Crippen LogP contribution in [0, 0.1) is 5.21 Å². The standard InChI is InChI=1S/C20H19F3N4O4/c21-20(22,23)14-6-4-12(5-7-14)10-26-11-16(28)9-17(26)19-24-18(25-31-19)13-2-1-3-15(8-13)27(29)30/h1-8,16-17,27-29H,9-11H2. The minimum Gasteiger partial charge on any atom is -0.595 e. The molecule has 0 saturated carbocycles. The Morgan fingerprint density at radius 2 is 1.94 bits per heavy atom. The van der Waals surface area contributed by atoms with Crippen molar-refractivity contribution in [1.82, 2.24) is 15.0 Å². The number of aromatic nitrogens is 2. The second-order valence-electron chi connectivity index (χ2n) is 7.37. The third-order valence-electron chi connectivity index (χ3n) is 5.14. The fourth-order valence-corrected chi connectivity index (χ4v) is 3.62. The lowest BCUT2D eigenvalue weighted by atomic mass is 10.1. The van der Waals surface area contributed by atoms with Crippen LogP contribution in [0.2, 0.25) is 0 Å². The third kappa shape index (κ3) is 4.75. The highest BCUT2D eigenvalue weighted by Crippen LogP contribution is 2.34. The van der Waals surface area contributed by atoms with Crippen molar-refractivity contribution in [3.05, 3.63) is 70.8 Å². The van der Waals surface area contributed by atoms with Crippen LogP contribution in [0.1, 0.15) is 29.5 Å². The summed E-state index contributed by atoms with van der Waals surface area (Å²) in [7, 11) is 0. The van der Waals surface area contributed by atoms with E-state index in [4.69, 9.17) is 9.73 Å². The lowest BCUT2D eigenvalue weighted by Crippen LogP contribution is -2.99. The van der Waals surface area contributed by atoms with Crippen molar-refractivity contribution in [1.29, 1.82) is 0 Å².